The third-order valence-corrected chi connectivity index (χ3v) is 3.52. The topological polar surface area (TPSA) is 276 Å². The number of amides is 1. The van der Waals surface area contributed by atoms with Gasteiger partial charge in [0.2, 0.25) is 5.91 Å². The van der Waals surface area contributed by atoms with Gasteiger partial charge in [-0.3, -0.25) is 4.79 Å². The van der Waals surface area contributed by atoms with Crippen molar-refractivity contribution in [3.05, 3.63) is 4.91 Å². The zero-order valence-electron chi connectivity index (χ0n) is 15.6. The van der Waals surface area contributed by atoms with Crippen LogP contribution in [-0.4, -0.2) is 79.4 Å². The van der Waals surface area contributed by atoms with Crippen LogP contribution < -0.4 is 42.4 Å². The fourth-order valence-corrected chi connectivity index (χ4v) is 2.44. The molecular formula is C12H28Cl2N4O10Pt+2. The minimum Gasteiger partial charge on any atom is -1.00 e. The number of aliphatic carboxylic acids is 1. The van der Waals surface area contributed by atoms with Crippen molar-refractivity contribution in [2.75, 3.05) is 6.61 Å². The number of nitrogens with one attached hydrogen (secondary N) is 1. The molecule has 0 saturated carbocycles. The molecule has 0 radical (unpaired) electrons. The first-order chi connectivity index (χ1) is 11.0. The fraction of sp³-hybridized carbons (Fsp3) is 0.833. The Hall–Kier alpha value is -0.672. The Kier molecular flexibility index (Phi) is 28.2. The summed E-state index contributed by atoms with van der Waals surface area (Å²) in [5.41, 5.74) is 0. The van der Waals surface area contributed by atoms with Gasteiger partial charge in [-0.2, -0.15) is 0 Å². The molecule has 0 aromatic carbocycles. The van der Waals surface area contributed by atoms with Gasteiger partial charge in [-0.25, -0.2) is 4.79 Å². The van der Waals surface area contributed by atoms with Crippen LogP contribution in [0.4, 0.5) is 0 Å². The van der Waals surface area contributed by atoms with Crippen molar-refractivity contribution >= 4 is 11.9 Å². The fourth-order valence-electron chi connectivity index (χ4n) is 2.44. The molecule has 6 atom stereocenters. The van der Waals surface area contributed by atoms with Gasteiger partial charge in [0.1, 0.15) is 18.3 Å². The molecule has 1 saturated heterocycles. The molecule has 0 aromatic heterocycles. The van der Waals surface area contributed by atoms with Crippen molar-refractivity contribution in [1.29, 1.82) is 0 Å². The second-order valence-corrected chi connectivity index (χ2v) is 5.40. The average molecular weight is 654 g/mol. The van der Waals surface area contributed by atoms with Gasteiger partial charge < -0.3 is 77.9 Å². The summed E-state index contributed by atoms with van der Waals surface area (Å²) in [4.78, 5) is 30.4. The Morgan fingerprint density at radius 2 is 1.69 bits per heavy atom. The molecule has 0 spiro atoms. The van der Waals surface area contributed by atoms with E-state index in [1.165, 1.54) is 12.3 Å². The number of hydrogen-bond donors (Lipinski definition) is 9. The Morgan fingerprint density at radius 1 is 1.28 bits per heavy atom. The molecule has 1 aliphatic rings. The van der Waals surface area contributed by atoms with Crippen molar-refractivity contribution in [3.8, 4) is 0 Å². The standard InChI is InChI=1S/C12H21NO8.2ClH.HNO2.2H3N.Pt/c1-5-3-12(20,11(18)19)21-10(8(5)13-6(2)15)9(17)7(16)4-14;;;2-1-3;;;/h5,7-10,14,16-17,20H,3-4H2,1-2H3,(H,13,15)(H,18,19);2*1H;(H,2,3);2*1H3;/q;;;;;;+4/p-2/t5-,7?,8+,9?,10+,12?;;;;;;/m1....../s1. The third kappa shape index (κ3) is 12.6. The van der Waals surface area contributed by atoms with Crippen LogP contribution in [-0.2, 0) is 35.4 Å². The third-order valence-electron chi connectivity index (χ3n) is 3.52. The van der Waals surface area contributed by atoms with E-state index in [9.17, 15) is 24.9 Å². The van der Waals surface area contributed by atoms with Gasteiger partial charge in [0.25, 0.3) is 5.79 Å². The molecule has 0 bridgehead atoms. The predicted molar refractivity (Wildman–Crippen MR) is 85.6 cm³/mol. The Balaban J connectivity index is -0.000000155. The molecule has 1 aliphatic heterocycles. The van der Waals surface area contributed by atoms with E-state index in [-0.39, 0.29) is 64.6 Å². The number of carboxylic acid groups (broad SMARTS) is 1. The van der Waals surface area contributed by atoms with E-state index in [0.29, 0.717) is 0 Å². The van der Waals surface area contributed by atoms with E-state index < -0.39 is 54.5 Å². The van der Waals surface area contributed by atoms with Gasteiger partial charge in [-0.15, -0.1) is 4.91 Å². The van der Waals surface area contributed by atoms with Crippen molar-refractivity contribution < 1.29 is 90.9 Å². The summed E-state index contributed by atoms with van der Waals surface area (Å²) in [5.74, 6) is -5.15. The van der Waals surface area contributed by atoms with Crippen LogP contribution in [0.1, 0.15) is 20.3 Å². The molecule has 1 amide bonds. The summed E-state index contributed by atoms with van der Waals surface area (Å²) in [6.45, 7) is 2.02. The number of ether oxygens (including phenoxy) is 1. The minimum absolute atomic E-state index is 0. The largest absolute Gasteiger partial charge is 4.00 e. The predicted octanol–water partition coefficient (Wildman–Crippen LogP) is -8.13. The first-order valence-electron chi connectivity index (χ1n) is 6.88. The number of aliphatic hydroxyl groups excluding tert-OH is 3. The Bertz CT molecular complexity index is 470. The number of nitrogens with zero attached hydrogens (tertiary/aromatic N) is 1. The molecule has 29 heavy (non-hydrogen) atoms. The second kappa shape index (κ2) is 19.3. The first kappa shape index (κ1) is 42.4. The number of aliphatic hydroxyl groups is 4. The number of carboxylic acids is 1. The van der Waals surface area contributed by atoms with Crippen LogP contribution in [0.25, 0.3) is 0 Å². The minimum atomic E-state index is -2.53. The zero-order valence-corrected chi connectivity index (χ0v) is 19.3. The molecule has 3 unspecified atom stereocenters. The van der Waals surface area contributed by atoms with Crippen LogP contribution in [0.3, 0.4) is 0 Å². The van der Waals surface area contributed by atoms with Crippen LogP contribution in [0.5, 0.6) is 0 Å². The smallest absolute Gasteiger partial charge is 1.00 e. The summed E-state index contributed by atoms with van der Waals surface area (Å²) < 4.78 is 5.02. The zero-order chi connectivity index (χ0) is 19.1. The monoisotopic (exact) mass is 653 g/mol. The van der Waals surface area contributed by atoms with E-state index in [0.717, 1.165) is 0 Å². The Morgan fingerprint density at radius 3 is 2.00 bits per heavy atom. The van der Waals surface area contributed by atoms with E-state index in [1.54, 1.807) is 6.92 Å². The van der Waals surface area contributed by atoms with Crippen LogP contribution >= 0.6 is 0 Å². The van der Waals surface area contributed by atoms with Gasteiger partial charge in [-0.05, 0) is 5.92 Å². The Labute approximate surface area is 193 Å². The van der Waals surface area contributed by atoms with Crippen molar-refractivity contribution in [2.45, 2.75) is 50.4 Å². The summed E-state index contributed by atoms with van der Waals surface area (Å²) in [6.07, 6.45) is -4.97. The van der Waals surface area contributed by atoms with Crippen LogP contribution in [0.15, 0.2) is 5.34 Å². The quantitative estimate of drug-likeness (QED) is 0.0988. The van der Waals surface area contributed by atoms with E-state index in [1.807, 2.05) is 0 Å². The van der Waals surface area contributed by atoms with Crippen molar-refractivity contribution in [2.24, 2.45) is 11.3 Å². The van der Waals surface area contributed by atoms with Gasteiger partial charge in [0, 0.05) is 13.3 Å². The maximum atomic E-state index is 11.2. The van der Waals surface area contributed by atoms with Crippen molar-refractivity contribution in [1.82, 2.24) is 17.6 Å². The summed E-state index contributed by atoms with van der Waals surface area (Å²) >= 11 is 0. The average Bonchev–Trinajstić information content (AvgIpc) is 2.48. The molecular weight excluding hydrogens is 626 g/mol. The normalized spacial score (nSPS) is 26.3. The summed E-state index contributed by atoms with van der Waals surface area (Å²) in [6, 6.07) is -0.821. The van der Waals surface area contributed by atoms with E-state index in [2.05, 4.69) is 5.32 Å². The molecule has 178 valence electrons. The van der Waals surface area contributed by atoms with Gasteiger partial charge >= 0.3 is 27.0 Å². The maximum Gasteiger partial charge on any atom is 4.00 e. The first-order valence-corrected chi connectivity index (χ1v) is 6.88. The summed E-state index contributed by atoms with van der Waals surface area (Å²) in [5, 5.41) is 57.7. The molecule has 0 aliphatic carbocycles. The van der Waals surface area contributed by atoms with Gasteiger partial charge in [0.15, 0.2) is 5.34 Å². The van der Waals surface area contributed by atoms with Gasteiger partial charge in [-0.1, -0.05) is 6.92 Å². The van der Waals surface area contributed by atoms with Gasteiger partial charge in [0.05, 0.1) is 12.6 Å². The number of carbonyl (C=O) groups is 2. The van der Waals surface area contributed by atoms with Crippen molar-refractivity contribution in [3.63, 3.8) is 0 Å². The molecule has 1 fully saturated rings. The number of rotatable bonds is 5. The van der Waals surface area contributed by atoms with Crippen LogP contribution in [0.2, 0.25) is 0 Å². The molecule has 17 heteroatoms. The maximum absolute atomic E-state index is 11.2. The molecule has 13 N–H and O–H groups in total. The molecule has 0 aromatic rings. The summed E-state index contributed by atoms with van der Waals surface area (Å²) in [7, 11) is 0. The van der Waals surface area contributed by atoms with Crippen LogP contribution in [0, 0.1) is 10.8 Å². The number of hydrogen-bond acceptors (Lipinski definition) is 11. The van der Waals surface area contributed by atoms with E-state index in [4.69, 9.17) is 25.1 Å². The molecule has 1 rings (SSSR count). The number of carbonyl (C=O) groups excluding carboxylic acids is 1. The number of halogens is 2. The van der Waals surface area contributed by atoms with E-state index >= 15 is 0 Å². The molecule has 1 heterocycles. The second-order valence-electron chi connectivity index (χ2n) is 5.40. The SMILES string of the molecule is CC(=O)N[C@H]1[C@H](C)CC(O)(C(=O)O)O[C@@H]1C(O)C(O)CO.N.N.O=NO.[Cl-].[Cl-].[Pt+4]. The molecule has 14 nitrogen and oxygen atoms in total.